The third-order valence-electron chi connectivity index (χ3n) is 13.9. The number of fused-ring (bicyclic) bond motifs is 8. The number of rotatable bonds is 6. The van der Waals surface area contributed by atoms with Crippen molar-refractivity contribution in [2.75, 3.05) is 0 Å². The molecule has 12 aromatic rings. The number of benzene rings is 11. The summed E-state index contributed by atoms with van der Waals surface area (Å²) in [6.07, 6.45) is 0. The molecule has 0 radical (unpaired) electrons. The Morgan fingerprint density at radius 2 is 0.719 bits per heavy atom. The molecule has 0 saturated carbocycles. The SMILES string of the molecule is c1ccc(-c2ccc3c(c2)[Si](c2ccccc2)(c2ccccc2)c2cc(-n4c5ccc(-c6cccc7ccccc67)cc5c5cc(-c6cccc7ccccc67)ccc54)ccc2-3)cc1. The van der Waals surface area contributed by atoms with Crippen molar-refractivity contribution in [2.45, 2.75) is 0 Å². The van der Waals surface area contributed by atoms with Gasteiger partial charge in [-0.3, -0.25) is 0 Å². The van der Waals surface area contributed by atoms with Crippen LogP contribution in [0.1, 0.15) is 0 Å². The van der Waals surface area contributed by atoms with E-state index in [2.05, 4.69) is 253 Å². The molecule has 0 fully saturated rings. The number of hydrogen-bond acceptors (Lipinski definition) is 0. The Labute approximate surface area is 373 Å². The van der Waals surface area contributed by atoms with Gasteiger partial charge in [-0.15, -0.1) is 0 Å². The highest BCUT2D eigenvalue weighted by atomic mass is 28.3. The van der Waals surface area contributed by atoms with E-state index >= 15 is 0 Å². The van der Waals surface area contributed by atoms with Crippen molar-refractivity contribution < 1.29 is 0 Å². The normalized spacial score (nSPS) is 12.8. The molecule has 0 N–H and O–H groups in total. The van der Waals surface area contributed by atoms with Gasteiger partial charge in [-0.05, 0) is 123 Å². The van der Waals surface area contributed by atoms with Crippen molar-refractivity contribution in [3.8, 4) is 50.2 Å². The van der Waals surface area contributed by atoms with Crippen LogP contribution in [0.3, 0.4) is 0 Å². The fourth-order valence-corrected chi connectivity index (χ4v) is 16.2. The average molecular weight is 828 g/mol. The maximum absolute atomic E-state index is 2.84. The summed E-state index contributed by atoms with van der Waals surface area (Å²) in [4.78, 5) is 0. The minimum absolute atomic E-state index is 1.18. The fourth-order valence-electron chi connectivity index (χ4n) is 11.0. The minimum atomic E-state index is -2.84. The average Bonchev–Trinajstić information content (AvgIpc) is 3.86. The van der Waals surface area contributed by atoms with Crippen LogP contribution in [-0.2, 0) is 0 Å². The Morgan fingerprint density at radius 1 is 0.266 bits per heavy atom. The molecule has 1 nitrogen and oxygen atoms in total. The summed E-state index contributed by atoms with van der Waals surface area (Å²) in [5.41, 5.74) is 13.7. The highest BCUT2D eigenvalue weighted by Crippen LogP contribution is 2.41. The van der Waals surface area contributed by atoms with Gasteiger partial charge in [0, 0.05) is 16.5 Å². The monoisotopic (exact) mass is 827 g/mol. The zero-order valence-electron chi connectivity index (χ0n) is 35.1. The van der Waals surface area contributed by atoms with Crippen molar-refractivity contribution in [1.82, 2.24) is 4.57 Å². The van der Waals surface area contributed by atoms with Crippen molar-refractivity contribution in [3.05, 3.63) is 249 Å². The molecule has 11 aromatic carbocycles. The van der Waals surface area contributed by atoms with Gasteiger partial charge in [-0.25, -0.2) is 0 Å². The van der Waals surface area contributed by atoms with Crippen LogP contribution in [0.5, 0.6) is 0 Å². The molecule has 0 bridgehead atoms. The molecule has 0 saturated heterocycles. The molecule has 0 spiro atoms. The molecule has 1 aliphatic heterocycles. The lowest BCUT2D eigenvalue weighted by Gasteiger charge is -2.32. The first-order valence-corrected chi connectivity index (χ1v) is 24.2. The molecule has 1 aromatic heterocycles. The van der Waals surface area contributed by atoms with Crippen LogP contribution in [0, 0.1) is 0 Å². The van der Waals surface area contributed by atoms with E-state index in [1.807, 2.05) is 0 Å². The van der Waals surface area contributed by atoms with E-state index in [1.54, 1.807) is 0 Å². The Morgan fingerprint density at radius 3 is 1.28 bits per heavy atom. The summed E-state index contributed by atoms with van der Waals surface area (Å²) >= 11 is 0. The summed E-state index contributed by atoms with van der Waals surface area (Å²) < 4.78 is 2.53. The minimum Gasteiger partial charge on any atom is -0.309 e. The Bertz CT molecular complexity index is 3590. The Balaban J connectivity index is 1.09. The van der Waals surface area contributed by atoms with Crippen LogP contribution >= 0.6 is 0 Å². The molecule has 0 aliphatic carbocycles. The summed E-state index contributed by atoms with van der Waals surface area (Å²) in [6, 6.07) is 93.2. The summed E-state index contributed by atoms with van der Waals surface area (Å²) in [5, 5.41) is 13.2. The predicted molar refractivity (Wildman–Crippen MR) is 275 cm³/mol. The van der Waals surface area contributed by atoms with Crippen molar-refractivity contribution in [1.29, 1.82) is 0 Å². The first-order valence-electron chi connectivity index (χ1n) is 22.2. The van der Waals surface area contributed by atoms with E-state index in [4.69, 9.17) is 0 Å². The van der Waals surface area contributed by atoms with Gasteiger partial charge in [0.15, 0.2) is 8.07 Å². The van der Waals surface area contributed by atoms with Crippen LogP contribution in [0.2, 0.25) is 0 Å². The van der Waals surface area contributed by atoms with Crippen molar-refractivity contribution in [3.63, 3.8) is 0 Å². The smallest absolute Gasteiger partial charge is 0.180 e. The summed E-state index contributed by atoms with van der Waals surface area (Å²) in [7, 11) is -2.84. The number of aromatic nitrogens is 1. The molecule has 0 unspecified atom stereocenters. The first kappa shape index (κ1) is 36.6. The zero-order chi connectivity index (χ0) is 42.2. The number of hydrogen-bond donors (Lipinski definition) is 0. The van der Waals surface area contributed by atoms with Gasteiger partial charge < -0.3 is 4.57 Å². The van der Waals surface area contributed by atoms with Gasteiger partial charge >= 0.3 is 0 Å². The Kier molecular flexibility index (Phi) is 8.31. The molecule has 1 aliphatic rings. The third-order valence-corrected chi connectivity index (χ3v) is 18.7. The van der Waals surface area contributed by atoms with E-state index in [0.717, 1.165) is 0 Å². The topological polar surface area (TPSA) is 4.93 Å². The van der Waals surface area contributed by atoms with Gasteiger partial charge in [0.1, 0.15) is 0 Å². The largest absolute Gasteiger partial charge is 0.309 e. The highest BCUT2D eigenvalue weighted by molar-refractivity contribution is 7.22. The molecule has 64 heavy (non-hydrogen) atoms. The van der Waals surface area contributed by atoms with E-state index in [1.165, 1.54) is 114 Å². The van der Waals surface area contributed by atoms with Crippen molar-refractivity contribution in [2.24, 2.45) is 0 Å². The summed E-state index contributed by atoms with van der Waals surface area (Å²) in [6.45, 7) is 0. The van der Waals surface area contributed by atoms with Crippen LogP contribution in [0.25, 0.3) is 93.5 Å². The van der Waals surface area contributed by atoms with E-state index in [9.17, 15) is 0 Å². The van der Waals surface area contributed by atoms with Gasteiger partial charge in [0.2, 0.25) is 0 Å². The van der Waals surface area contributed by atoms with Crippen LogP contribution in [0.4, 0.5) is 0 Å². The second kappa shape index (κ2) is 14.5. The predicted octanol–water partition coefficient (Wildman–Crippen LogP) is 13.4. The second-order valence-electron chi connectivity index (χ2n) is 17.2. The van der Waals surface area contributed by atoms with Crippen LogP contribution in [0.15, 0.2) is 249 Å². The van der Waals surface area contributed by atoms with Gasteiger partial charge in [-0.1, -0.05) is 212 Å². The quantitative estimate of drug-likeness (QED) is 0.147. The summed E-state index contributed by atoms with van der Waals surface area (Å²) in [5.74, 6) is 0. The Hall–Kier alpha value is -8.04. The molecular weight excluding hydrogens is 787 g/mol. The molecule has 2 heteroatoms. The van der Waals surface area contributed by atoms with Crippen LogP contribution in [-0.4, -0.2) is 12.6 Å². The molecule has 13 rings (SSSR count). The van der Waals surface area contributed by atoms with E-state index < -0.39 is 8.07 Å². The molecule has 0 amide bonds. The zero-order valence-corrected chi connectivity index (χ0v) is 36.1. The van der Waals surface area contributed by atoms with Crippen molar-refractivity contribution >= 4 is 72.2 Å². The standard InChI is InChI=1S/C62H41NSi/c1-4-16-42(17-5-1)45-30-34-55-56-35-33-48(41-62(56)64(61(55)40-45,49-22-6-2-7-23-49)50-24-8-3-9-25-50)63-59-36-31-46(53-28-14-20-43-18-10-12-26-51(43)53)38-57(59)58-39-47(32-37-60(58)63)54-29-15-21-44-19-11-13-27-52(44)54/h1-41H. The molecular formula is C62H41NSi. The molecule has 0 atom stereocenters. The maximum atomic E-state index is 2.56. The third kappa shape index (κ3) is 5.49. The maximum Gasteiger partial charge on any atom is 0.180 e. The van der Waals surface area contributed by atoms with E-state index in [0.29, 0.717) is 0 Å². The number of nitrogens with zero attached hydrogens (tertiary/aromatic N) is 1. The van der Waals surface area contributed by atoms with Crippen LogP contribution < -0.4 is 20.7 Å². The molecule has 2 heterocycles. The first-order chi connectivity index (χ1) is 31.7. The van der Waals surface area contributed by atoms with Gasteiger partial charge in [-0.2, -0.15) is 0 Å². The van der Waals surface area contributed by atoms with Gasteiger partial charge in [0.25, 0.3) is 0 Å². The molecule has 298 valence electrons. The highest BCUT2D eigenvalue weighted by Gasteiger charge is 2.49. The lowest BCUT2D eigenvalue weighted by Crippen LogP contribution is -2.72. The van der Waals surface area contributed by atoms with E-state index in [-0.39, 0.29) is 0 Å². The lowest BCUT2D eigenvalue weighted by atomic mass is 9.95. The lowest BCUT2D eigenvalue weighted by molar-refractivity contribution is 1.18. The van der Waals surface area contributed by atoms with Gasteiger partial charge in [0.05, 0.1) is 11.0 Å². The fraction of sp³-hybridized carbons (Fsp3) is 0. The second-order valence-corrected chi connectivity index (χ2v) is 20.9.